The molecular weight excluding hydrogens is 192 g/mol. The van der Waals surface area contributed by atoms with Crippen molar-refractivity contribution in [3.63, 3.8) is 0 Å². The van der Waals surface area contributed by atoms with E-state index in [-0.39, 0.29) is 5.91 Å². The standard InChI is InChI=1S/C10H16N4O/c11-10(15)3-4-14-6-9(13-7-14)5-12-8-1-2-8/h6-8,12H,1-5H2,(H2,11,15). The van der Waals surface area contributed by atoms with Crippen LogP contribution >= 0.6 is 0 Å². The molecule has 1 aromatic heterocycles. The van der Waals surface area contributed by atoms with E-state index in [2.05, 4.69) is 10.3 Å². The average Bonchev–Trinajstić information content (AvgIpc) is 2.92. The Kier molecular flexibility index (Phi) is 3.01. The second kappa shape index (κ2) is 4.44. The summed E-state index contributed by atoms with van der Waals surface area (Å²) in [7, 11) is 0. The monoisotopic (exact) mass is 208 g/mol. The van der Waals surface area contributed by atoms with Gasteiger partial charge in [0.1, 0.15) is 0 Å². The van der Waals surface area contributed by atoms with Gasteiger partial charge >= 0.3 is 0 Å². The van der Waals surface area contributed by atoms with Gasteiger partial charge in [0.15, 0.2) is 0 Å². The third-order valence-corrected chi connectivity index (χ3v) is 2.45. The average molecular weight is 208 g/mol. The number of nitrogens with zero attached hydrogens (tertiary/aromatic N) is 2. The van der Waals surface area contributed by atoms with E-state index in [1.54, 1.807) is 6.33 Å². The predicted molar refractivity (Wildman–Crippen MR) is 55.9 cm³/mol. The zero-order valence-corrected chi connectivity index (χ0v) is 8.65. The third-order valence-electron chi connectivity index (χ3n) is 2.45. The first-order valence-corrected chi connectivity index (χ1v) is 5.26. The van der Waals surface area contributed by atoms with E-state index in [4.69, 9.17) is 5.73 Å². The smallest absolute Gasteiger partial charge is 0.219 e. The number of aryl methyl sites for hydroxylation is 1. The zero-order valence-electron chi connectivity index (χ0n) is 8.65. The first-order chi connectivity index (χ1) is 7.24. The van der Waals surface area contributed by atoms with Gasteiger partial charge in [-0.05, 0) is 12.8 Å². The molecule has 0 aromatic carbocycles. The summed E-state index contributed by atoms with van der Waals surface area (Å²) >= 11 is 0. The van der Waals surface area contributed by atoms with Crippen LogP contribution in [0.5, 0.6) is 0 Å². The van der Waals surface area contributed by atoms with Crippen molar-refractivity contribution >= 4 is 5.91 Å². The fraction of sp³-hybridized carbons (Fsp3) is 0.600. The molecule has 1 fully saturated rings. The Morgan fingerprint density at radius 3 is 3.13 bits per heavy atom. The van der Waals surface area contributed by atoms with E-state index >= 15 is 0 Å². The summed E-state index contributed by atoms with van der Waals surface area (Å²) in [6.07, 6.45) is 6.63. The first kappa shape index (κ1) is 10.2. The van der Waals surface area contributed by atoms with Crippen LogP contribution in [-0.4, -0.2) is 21.5 Å². The summed E-state index contributed by atoms with van der Waals surface area (Å²) < 4.78 is 1.90. The van der Waals surface area contributed by atoms with Crippen LogP contribution < -0.4 is 11.1 Å². The number of nitrogens with two attached hydrogens (primary N) is 1. The molecule has 5 heteroatoms. The van der Waals surface area contributed by atoms with Crippen molar-refractivity contribution in [2.75, 3.05) is 0 Å². The first-order valence-electron chi connectivity index (χ1n) is 5.26. The van der Waals surface area contributed by atoms with Crippen molar-refractivity contribution in [1.82, 2.24) is 14.9 Å². The van der Waals surface area contributed by atoms with Crippen LogP contribution in [0.15, 0.2) is 12.5 Å². The van der Waals surface area contributed by atoms with E-state index in [9.17, 15) is 4.79 Å². The largest absolute Gasteiger partial charge is 0.370 e. The highest BCUT2D eigenvalue weighted by atomic mass is 16.1. The van der Waals surface area contributed by atoms with Gasteiger partial charge in [0.2, 0.25) is 5.91 Å². The topological polar surface area (TPSA) is 72.9 Å². The lowest BCUT2D eigenvalue weighted by atomic mass is 10.4. The molecule has 0 aliphatic heterocycles. The molecule has 5 nitrogen and oxygen atoms in total. The van der Waals surface area contributed by atoms with E-state index in [0.717, 1.165) is 12.2 Å². The Balaban J connectivity index is 1.77. The molecule has 1 aliphatic rings. The van der Waals surface area contributed by atoms with Gasteiger partial charge in [0, 0.05) is 31.7 Å². The van der Waals surface area contributed by atoms with Gasteiger partial charge in [-0.1, -0.05) is 0 Å². The Bertz CT molecular complexity index is 343. The molecule has 1 saturated carbocycles. The molecule has 15 heavy (non-hydrogen) atoms. The second-order valence-electron chi connectivity index (χ2n) is 3.97. The number of rotatable bonds is 6. The quantitative estimate of drug-likeness (QED) is 0.691. The summed E-state index contributed by atoms with van der Waals surface area (Å²) in [4.78, 5) is 14.8. The second-order valence-corrected chi connectivity index (χ2v) is 3.97. The van der Waals surface area contributed by atoms with Crippen LogP contribution in [0, 0.1) is 0 Å². The lowest BCUT2D eigenvalue weighted by molar-refractivity contribution is -0.118. The molecular formula is C10H16N4O. The molecule has 2 rings (SSSR count). The van der Waals surface area contributed by atoms with E-state index < -0.39 is 0 Å². The maximum Gasteiger partial charge on any atom is 0.219 e. The SMILES string of the molecule is NC(=O)CCn1cnc(CNC2CC2)c1. The molecule has 1 heterocycles. The fourth-order valence-corrected chi connectivity index (χ4v) is 1.40. The molecule has 0 radical (unpaired) electrons. The molecule has 0 unspecified atom stereocenters. The molecule has 0 saturated heterocycles. The Morgan fingerprint density at radius 2 is 2.47 bits per heavy atom. The van der Waals surface area contributed by atoms with E-state index in [1.165, 1.54) is 12.8 Å². The van der Waals surface area contributed by atoms with Gasteiger partial charge < -0.3 is 15.6 Å². The number of carbonyl (C=O) groups excluding carboxylic acids is 1. The lowest BCUT2D eigenvalue weighted by Gasteiger charge is -1.99. The highest BCUT2D eigenvalue weighted by molar-refractivity contribution is 5.73. The summed E-state index contributed by atoms with van der Waals surface area (Å²) in [5.74, 6) is -0.277. The normalized spacial score (nSPS) is 15.5. The number of carbonyl (C=O) groups is 1. The van der Waals surface area contributed by atoms with Crippen molar-refractivity contribution in [1.29, 1.82) is 0 Å². The van der Waals surface area contributed by atoms with Gasteiger partial charge in [-0.25, -0.2) is 4.98 Å². The molecule has 1 amide bonds. The molecule has 1 aromatic rings. The maximum atomic E-state index is 10.6. The van der Waals surface area contributed by atoms with Gasteiger partial charge in [0.05, 0.1) is 12.0 Å². The van der Waals surface area contributed by atoms with Crippen LogP contribution in [0.1, 0.15) is 25.0 Å². The van der Waals surface area contributed by atoms with Crippen molar-refractivity contribution in [3.8, 4) is 0 Å². The molecule has 3 N–H and O–H groups in total. The molecule has 82 valence electrons. The Hall–Kier alpha value is -1.36. The van der Waals surface area contributed by atoms with Gasteiger partial charge in [-0.3, -0.25) is 4.79 Å². The number of aromatic nitrogens is 2. The van der Waals surface area contributed by atoms with Crippen molar-refractivity contribution in [3.05, 3.63) is 18.2 Å². The minimum atomic E-state index is -0.277. The number of hydrogen-bond acceptors (Lipinski definition) is 3. The van der Waals surface area contributed by atoms with Gasteiger partial charge in [-0.2, -0.15) is 0 Å². The number of amides is 1. The molecule has 0 spiro atoms. The van der Waals surface area contributed by atoms with Crippen LogP contribution in [0.3, 0.4) is 0 Å². The lowest BCUT2D eigenvalue weighted by Crippen LogP contribution is -2.15. The Morgan fingerprint density at radius 1 is 1.67 bits per heavy atom. The maximum absolute atomic E-state index is 10.6. The molecule has 1 aliphatic carbocycles. The van der Waals surface area contributed by atoms with Gasteiger partial charge in [-0.15, -0.1) is 0 Å². The summed E-state index contributed by atoms with van der Waals surface area (Å²) in [6.45, 7) is 1.43. The van der Waals surface area contributed by atoms with E-state index in [1.807, 2.05) is 10.8 Å². The third kappa shape index (κ3) is 3.36. The number of hydrogen-bond donors (Lipinski definition) is 2. The number of primary amides is 1. The molecule has 0 bridgehead atoms. The number of imidazole rings is 1. The van der Waals surface area contributed by atoms with Crippen molar-refractivity contribution in [2.24, 2.45) is 5.73 Å². The predicted octanol–water partition coefficient (Wildman–Crippen LogP) is 0.0105. The molecule has 0 atom stereocenters. The van der Waals surface area contributed by atoms with Crippen LogP contribution in [-0.2, 0) is 17.9 Å². The van der Waals surface area contributed by atoms with E-state index in [0.29, 0.717) is 19.0 Å². The highest BCUT2D eigenvalue weighted by Gasteiger charge is 2.20. The minimum Gasteiger partial charge on any atom is -0.370 e. The summed E-state index contributed by atoms with van der Waals surface area (Å²) in [5, 5.41) is 3.38. The minimum absolute atomic E-state index is 0.277. The highest BCUT2D eigenvalue weighted by Crippen LogP contribution is 2.18. The van der Waals surface area contributed by atoms with Gasteiger partial charge in [0.25, 0.3) is 0 Å². The van der Waals surface area contributed by atoms with Crippen LogP contribution in [0.2, 0.25) is 0 Å². The fourth-order valence-electron chi connectivity index (χ4n) is 1.40. The van der Waals surface area contributed by atoms with Crippen molar-refractivity contribution in [2.45, 2.75) is 38.4 Å². The zero-order chi connectivity index (χ0) is 10.7. The van der Waals surface area contributed by atoms with Crippen molar-refractivity contribution < 1.29 is 4.79 Å². The van der Waals surface area contributed by atoms with Crippen LogP contribution in [0.4, 0.5) is 0 Å². The summed E-state index contributed by atoms with van der Waals surface area (Å²) in [6, 6.07) is 0.695. The number of nitrogens with one attached hydrogen (secondary N) is 1. The Labute approximate surface area is 88.7 Å². The summed E-state index contributed by atoms with van der Waals surface area (Å²) in [5.41, 5.74) is 6.09. The van der Waals surface area contributed by atoms with Crippen LogP contribution in [0.25, 0.3) is 0 Å².